The molecule has 0 bridgehead atoms. The van der Waals surface area contributed by atoms with Crippen LogP contribution in [-0.2, 0) is 9.59 Å². The maximum Gasteiger partial charge on any atom is 0.230 e. The van der Waals surface area contributed by atoms with Gasteiger partial charge in [0.1, 0.15) is 0 Å². The topological polar surface area (TPSA) is 52.7 Å². The Bertz CT molecular complexity index is 467. The lowest BCUT2D eigenvalue weighted by atomic mass is 9.81. The van der Waals surface area contributed by atoms with Gasteiger partial charge in [-0.2, -0.15) is 0 Å². The van der Waals surface area contributed by atoms with E-state index in [1.165, 1.54) is 25.7 Å². The molecule has 1 N–H and O–H groups in total. The van der Waals surface area contributed by atoms with Crippen molar-refractivity contribution in [1.29, 1.82) is 0 Å². The van der Waals surface area contributed by atoms with Crippen molar-refractivity contribution in [3.8, 4) is 0 Å². The maximum absolute atomic E-state index is 13.2. The first-order chi connectivity index (χ1) is 11.5. The fraction of sp³-hybridized carbons (Fsp3) is 0.895. The van der Waals surface area contributed by atoms with E-state index in [2.05, 4.69) is 5.32 Å². The van der Waals surface area contributed by atoms with Crippen LogP contribution in [0.2, 0.25) is 0 Å². The van der Waals surface area contributed by atoms with Crippen molar-refractivity contribution in [2.75, 3.05) is 27.2 Å². The van der Waals surface area contributed by atoms with Gasteiger partial charge in [0, 0.05) is 39.1 Å². The number of nitrogens with zero attached hydrogens (tertiary/aromatic N) is 2. The minimum absolute atomic E-state index is 0. The summed E-state index contributed by atoms with van der Waals surface area (Å²) >= 11 is 0. The summed E-state index contributed by atoms with van der Waals surface area (Å²) in [4.78, 5) is 30.0. The van der Waals surface area contributed by atoms with Crippen molar-refractivity contribution in [3.63, 3.8) is 0 Å². The lowest BCUT2D eigenvalue weighted by molar-refractivity contribution is -0.148. The molecule has 1 saturated heterocycles. The van der Waals surface area contributed by atoms with Crippen LogP contribution in [0.5, 0.6) is 0 Å². The zero-order valence-corrected chi connectivity index (χ0v) is 16.6. The summed E-state index contributed by atoms with van der Waals surface area (Å²) in [5.74, 6) is 0.339. The second-order valence-electron chi connectivity index (χ2n) is 8.18. The van der Waals surface area contributed by atoms with E-state index in [4.69, 9.17) is 0 Å². The van der Waals surface area contributed by atoms with Gasteiger partial charge in [0.15, 0.2) is 0 Å². The number of carbonyl (C=O) groups excluding carboxylic acids is 2. The van der Waals surface area contributed by atoms with Gasteiger partial charge in [-0.15, -0.1) is 12.4 Å². The van der Waals surface area contributed by atoms with Crippen LogP contribution in [0.25, 0.3) is 0 Å². The van der Waals surface area contributed by atoms with Crippen LogP contribution < -0.4 is 5.32 Å². The number of rotatable bonds is 5. The first-order valence-corrected chi connectivity index (χ1v) is 9.77. The van der Waals surface area contributed by atoms with Gasteiger partial charge < -0.3 is 15.1 Å². The highest BCUT2D eigenvalue weighted by Crippen LogP contribution is 2.36. The van der Waals surface area contributed by atoms with Crippen molar-refractivity contribution in [2.24, 2.45) is 5.41 Å². The number of nitrogens with one attached hydrogen (secondary N) is 1. The second kappa shape index (κ2) is 8.72. The van der Waals surface area contributed by atoms with Crippen LogP contribution in [-0.4, -0.2) is 60.9 Å². The molecule has 0 aromatic carbocycles. The summed E-state index contributed by atoms with van der Waals surface area (Å²) in [7, 11) is 3.88. The molecule has 3 fully saturated rings. The van der Waals surface area contributed by atoms with Crippen LogP contribution in [0.4, 0.5) is 0 Å². The molecular weight excluding hydrogens is 338 g/mol. The van der Waals surface area contributed by atoms with E-state index in [0.717, 1.165) is 38.6 Å². The average molecular weight is 372 g/mol. The van der Waals surface area contributed by atoms with Crippen molar-refractivity contribution >= 4 is 24.2 Å². The molecule has 1 atom stereocenters. The number of hydrogen-bond donors (Lipinski definition) is 1. The first-order valence-electron chi connectivity index (χ1n) is 9.77. The lowest BCUT2D eigenvalue weighted by Gasteiger charge is -2.36. The van der Waals surface area contributed by atoms with E-state index >= 15 is 0 Å². The minimum atomic E-state index is -0.527. The van der Waals surface area contributed by atoms with Crippen LogP contribution in [0, 0.1) is 5.41 Å². The highest BCUT2D eigenvalue weighted by Gasteiger charge is 2.46. The standard InChI is InChI=1S/C19H33N3O2.ClH/c1-21(15-7-3-4-8-15)17(23)13-19(11-12-20-14-19)18(24)22(2)16-9-5-6-10-16;/h15-16,20H,3-14H2,1-2H3;1H. The molecule has 0 radical (unpaired) electrons. The zero-order chi connectivity index (χ0) is 17.2. The largest absolute Gasteiger partial charge is 0.343 e. The molecule has 5 nitrogen and oxygen atoms in total. The summed E-state index contributed by atoms with van der Waals surface area (Å²) in [6.45, 7) is 1.48. The quantitative estimate of drug-likeness (QED) is 0.808. The number of amides is 2. The molecule has 25 heavy (non-hydrogen) atoms. The predicted molar refractivity (Wildman–Crippen MR) is 102 cm³/mol. The third kappa shape index (κ3) is 4.30. The third-order valence-electron chi connectivity index (χ3n) is 6.65. The molecular formula is C19H34ClN3O2. The fourth-order valence-electron chi connectivity index (χ4n) is 4.89. The van der Waals surface area contributed by atoms with E-state index in [-0.39, 0.29) is 24.2 Å². The third-order valence-corrected chi connectivity index (χ3v) is 6.65. The molecule has 1 aliphatic heterocycles. The van der Waals surface area contributed by atoms with Crippen molar-refractivity contribution in [1.82, 2.24) is 15.1 Å². The molecule has 6 heteroatoms. The van der Waals surface area contributed by atoms with Gasteiger partial charge in [0.25, 0.3) is 0 Å². The van der Waals surface area contributed by atoms with E-state index < -0.39 is 5.41 Å². The summed E-state index contributed by atoms with van der Waals surface area (Å²) in [6, 6.07) is 0.754. The molecule has 3 aliphatic rings. The Morgan fingerprint density at radius 3 is 1.96 bits per heavy atom. The highest BCUT2D eigenvalue weighted by molar-refractivity contribution is 5.89. The molecule has 2 amide bonds. The van der Waals surface area contributed by atoms with E-state index in [1.54, 1.807) is 0 Å². The summed E-state index contributed by atoms with van der Waals surface area (Å²) < 4.78 is 0. The molecule has 144 valence electrons. The maximum atomic E-state index is 13.2. The van der Waals surface area contributed by atoms with Gasteiger partial charge in [0.05, 0.1) is 5.41 Å². The molecule has 0 aromatic heterocycles. The van der Waals surface area contributed by atoms with Gasteiger partial charge in [0.2, 0.25) is 11.8 Å². The molecule has 3 rings (SSSR count). The van der Waals surface area contributed by atoms with Gasteiger partial charge in [-0.3, -0.25) is 9.59 Å². The number of carbonyl (C=O) groups is 2. The summed E-state index contributed by atoms with van der Waals surface area (Å²) in [5, 5.41) is 3.34. The Morgan fingerprint density at radius 1 is 0.960 bits per heavy atom. The van der Waals surface area contributed by atoms with Crippen LogP contribution in [0.3, 0.4) is 0 Å². The van der Waals surface area contributed by atoms with E-state index in [1.807, 2.05) is 23.9 Å². The van der Waals surface area contributed by atoms with Crippen molar-refractivity contribution in [2.45, 2.75) is 76.3 Å². The molecule has 1 unspecified atom stereocenters. The first kappa shape index (κ1) is 20.5. The highest BCUT2D eigenvalue weighted by atomic mass is 35.5. The number of halogens is 1. The summed E-state index contributed by atoms with van der Waals surface area (Å²) in [5.41, 5.74) is -0.527. The van der Waals surface area contributed by atoms with Crippen LogP contribution >= 0.6 is 12.4 Å². The molecule has 2 saturated carbocycles. The van der Waals surface area contributed by atoms with Gasteiger partial charge in [-0.25, -0.2) is 0 Å². The van der Waals surface area contributed by atoms with Crippen LogP contribution in [0.1, 0.15) is 64.2 Å². The van der Waals surface area contributed by atoms with Crippen molar-refractivity contribution in [3.05, 3.63) is 0 Å². The fourth-order valence-corrected chi connectivity index (χ4v) is 4.89. The van der Waals surface area contributed by atoms with Crippen LogP contribution in [0.15, 0.2) is 0 Å². The Hall–Kier alpha value is -0.810. The van der Waals surface area contributed by atoms with E-state index in [0.29, 0.717) is 25.0 Å². The van der Waals surface area contributed by atoms with Crippen molar-refractivity contribution < 1.29 is 9.59 Å². The SMILES string of the molecule is CN(C(=O)CC1(C(=O)N(C)C2CCCC2)CCNC1)C1CCCC1.Cl. The average Bonchev–Trinajstić information content (AvgIpc) is 3.34. The molecule has 0 aromatic rings. The van der Waals surface area contributed by atoms with Gasteiger partial charge in [-0.1, -0.05) is 25.7 Å². The van der Waals surface area contributed by atoms with Gasteiger partial charge in [-0.05, 0) is 38.6 Å². The summed E-state index contributed by atoms with van der Waals surface area (Å²) in [6.07, 6.45) is 10.5. The minimum Gasteiger partial charge on any atom is -0.343 e. The predicted octanol–water partition coefficient (Wildman–Crippen LogP) is 2.58. The molecule has 2 aliphatic carbocycles. The zero-order valence-electron chi connectivity index (χ0n) is 15.8. The Balaban J connectivity index is 0.00000225. The van der Waals surface area contributed by atoms with Gasteiger partial charge >= 0.3 is 0 Å². The monoisotopic (exact) mass is 371 g/mol. The second-order valence-corrected chi connectivity index (χ2v) is 8.18. The Labute approximate surface area is 158 Å². The number of hydrogen-bond acceptors (Lipinski definition) is 3. The Kier molecular flexibility index (Phi) is 7.15. The normalized spacial score (nSPS) is 27.3. The lowest BCUT2D eigenvalue weighted by Crippen LogP contribution is -2.50. The molecule has 1 heterocycles. The smallest absolute Gasteiger partial charge is 0.230 e. The molecule has 0 spiro atoms. The Morgan fingerprint density at radius 2 is 1.48 bits per heavy atom. The van der Waals surface area contributed by atoms with E-state index in [9.17, 15) is 9.59 Å².